The quantitative estimate of drug-likeness (QED) is 0.658. The zero-order valence-corrected chi connectivity index (χ0v) is 13.5. The van der Waals surface area contributed by atoms with Gasteiger partial charge in [-0.25, -0.2) is 0 Å². The number of carbonyl (C=O) groups excluding carboxylic acids is 1. The minimum atomic E-state index is -0.477. The summed E-state index contributed by atoms with van der Waals surface area (Å²) in [6.45, 7) is 1.64. The van der Waals surface area contributed by atoms with Gasteiger partial charge in [0.25, 0.3) is 11.6 Å². The maximum atomic E-state index is 12.2. The molecule has 7 heteroatoms. The monoisotopic (exact) mass is 364 g/mol. The van der Waals surface area contributed by atoms with Crippen LogP contribution in [0.1, 0.15) is 15.9 Å². The minimum Gasteiger partial charge on any atom is -0.496 e. The summed E-state index contributed by atoms with van der Waals surface area (Å²) in [5.41, 5.74) is 1.29. The lowest BCUT2D eigenvalue weighted by atomic mass is 10.1. The van der Waals surface area contributed by atoms with Crippen LogP contribution in [0.5, 0.6) is 5.75 Å². The number of nitro benzene ring substituents is 1. The first kappa shape index (κ1) is 16.0. The Hall–Kier alpha value is -2.41. The molecule has 0 saturated carbocycles. The number of hydrogen-bond acceptors (Lipinski definition) is 4. The number of methoxy groups -OCH3 is 1. The summed E-state index contributed by atoms with van der Waals surface area (Å²) in [7, 11) is 1.53. The van der Waals surface area contributed by atoms with Crippen LogP contribution in [-0.4, -0.2) is 17.9 Å². The van der Waals surface area contributed by atoms with E-state index in [0.29, 0.717) is 27.0 Å². The van der Waals surface area contributed by atoms with E-state index >= 15 is 0 Å². The maximum absolute atomic E-state index is 12.2. The number of carbonyl (C=O) groups is 1. The topological polar surface area (TPSA) is 81.5 Å². The first-order valence-corrected chi connectivity index (χ1v) is 7.11. The average Bonchev–Trinajstić information content (AvgIpc) is 2.48. The molecule has 0 aliphatic heterocycles. The van der Waals surface area contributed by atoms with Gasteiger partial charge in [0.15, 0.2) is 0 Å². The van der Waals surface area contributed by atoms with Crippen LogP contribution < -0.4 is 10.1 Å². The van der Waals surface area contributed by atoms with E-state index in [1.54, 1.807) is 37.3 Å². The Morgan fingerprint density at radius 3 is 2.59 bits per heavy atom. The lowest BCUT2D eigenvalue weighted by Crippen LogP contribution is -2.12. The molecule has 0 aliphatic rings. The first-order valence-electron chi connectivity index (χ1n) is 6.32. The Balaban J connectivity index is 2.24. The molecule has 0 saturated heterocycles. The lowest BCUT2D eigenvalue weighted by molar-refractivity contribution is -0.385. The zero-order chi connectivity index (χ0) is 16.3. The van der Waals surface area contributed by atoms with E-state index in [0.717, 1.165) is 0 Å². The summed E-state index contributed by atoms with van der Waals surface area (Å²) in [5, 5.41) is 13.6. The Kier molecular flexibility index (Phi) is 4.77. The molecule has 0 bridgehead atoms. The fourth-order valence-corrected chi connectivity index (χ4v) is 2.44. The smallest absolute Gasteiger partial charge is 0.274 e. The van der Waals surface area contributed by atoms with Crippen molar-refractivity contribution < 1.29 is 14.5 Å². The molecule has 6 nitrogen and oxygen atoms in total. The van der Waals surface area contributed by atoms with Crippen molar-refractivity contribution in [3.05, 3.63) is 62.1 Å². The number of nitrogens with zero attached hydrogens (tertiary/aromatic N) is 1. The van der Waals surface area contributed by atoms with Crippen LogP contribution in [0.15, 0.2) is 40.9 Å². The normalized spacial score (nSPS) is 10.1. The summed E-state index contributed by atoms with van der Waals surface area (Å²) in [5.74, 6) is 0.254. The van der Waals surface area contributed by atoms with Crippen LogP contribution in [0, 0.1) is 17.0 Å². The standard InChI is InChI=1S/C15H13BrN2O4/c1-9-3-5-11(8-13(9)18(20)21)17-15(19)10-4-6-14(22-2)12(16)7-10/h3-8H,1-2H3,(H,17,19). The molecule has 0 unspecified atom stereocenters. The van der Waals surface area contributed by atoms with E-state index < -0.39 is 4.92 Å². The highest BCUT2D eigenvalue weighted by Crippen LogP contribution is 2.26. The minimum absolute atomic E-state index is 0.0336. The van der Waals surface area contributed by atoms with Gasteiger partial charge in [0.05, 0.1) is 16.5 Å². The largest absolute Gasteiger partial charge is 0.496 e. The van der Waals surface area contributed by atoms with Gasteiger partial charge in [-0.2, -0.15) is 0 Å². The van der Waals surface area contributed by atoms with Gasteiger partial charge in [0.2, 0.25) is 0 Å². The highest BCUT2D eigenvalue weighted by Gasteiger charge is 2.14. The van der Waals surface area contributed by atoms with Gasteiger partial charge in [-0.05, 0) is 47.1 Å². The number of rotatable bonds is 4. The number of halogens is 1. The number of nitrogens with one attached hydrogen (secondary N) is 1. The van der Waals surface area contributed by atoms with Crippen molar-refractivity contribution in [1.29, 1.82) is 0 Å². The second-order valence-electron chi connectivity index (χ2n) is 4.56. The molecule has 2 aromatic rings. The summed E-state index contributed by atoms with van der Waals surface area (Å²) < 4.78 is 5.75. The van der Waals surface area contributed by atoms with Gasteiger partial charge >= 0.3 is 0 Å². The number of hydrogen-bond donors (Lipinski definition) is 1. The second-order valence-corrected chi connectivity index (χ2v) is 5.42. The predicted molar refractivity (Wildman–Crippen MR) is 86.5 cm³/mol. The Morgan fingerprint density at radius 2 is 2.00 bits per heavy atom. The van der Waals surface area contributed by atoms with Crippen molar-refractivity contribution in [2.45, 2.75) is 6.92 Å². The van der Waals surface area contributed by atoms with E-state index in [4.69, 9.17) is 4.74 Å². The fraction of sp³-hybridized carbons (Fsp3) is 0.133. The number of nitro groups is 1. The van der Waals surface area contributed by atoms with Crippen LogP contribution in [0.25, 0.3) is 0 Å². The third-order valence-electron chi connectivity index (χ3n) is 3.08. The molecule has 2 aromatic carbocycles. The number of anilines is 1. The highest BCUT2D eigenvalue weighted by molar-refractivity contribution is 9.10. The van der Waals surface area contributed by atoms with Crippen molar-refractivity contribution in [1.82, 2.24) is 0 Å². The first-order chi connectivity index (χ1) is 10.4. The fourth-order valence-electron chi connectivity index (χ4n) is 1.89. The van der Waals surface area contributed by atoms with E-state index in [-0.39, 0.29) is 11.6 Å². The third-order valence-corrected chi connectivity index (χ3v) is 3.70. The Morgan fingerprint density at radius 1 is 1.27 bits per heavy atom. The van der Waals surface area contributed by atoms with Crippen LogP contribution >= 0.6 is 15.9 Å². The molecule has 0 atom stereocenters. The predicted octanol–water partition coefficient (Wildman–Crippen LogP) is 3.93. The highest BCUT2D eigenvalue weighted by atomic mass is 79.9. The molecule has 0 spiro atoms. The summed E-state index contributed by atoms with van der Waals surface area (Å²) in [6.07, 6.45) is 0. The van der Waals surface area contributed by atoms with Gasteiger partial charge in [-0.3, -0.25) is 14.9 Å². The van der Waals surface area contributed by atoms with Gasteiger partial charge < -0.3 is 10.1 Å². The molecule has 0 fully saturated rings. The molecular weight excluding hydrogens is 352 g/mol. The van der Waals surface area contributed by atoms with Crippen molar-refractivity contribution in [2.75, 3.05) is 12.4 Å². The van der Waals surface area contributed by atoms with Crippen molar-refractivity contribution >= 4 is 33.2 Å². The Labute approximate surface area is 135 Å². The molecule has 114 valence electrons. The lowest BCUT2D eigenvalue weighted by Gasteiger charge is -2.08. The van der Waals surface area contributed by atoms with Crippen molar-refractivity contribution in [3.63, 3.8) is 0 Å². The molecule has 1 N–H and O–H groups in total. The van der Waals surface area contributed by atoms with Crippen LogP contribution in [-0.2, 0) is 0 Å². The summed E-state index contributed by atoms with van der Waals surface area (Å²) >= 11 is 3.31. The second kappa shape index (κ2) is 6.57. The molecule has 0 aliphatic carbocycles. The molecule has 0 aromatic heterocycles. The zero-order valence-electron chi connectivity index (χ0n) is 11.9. The van der Waals surface area contributed by atoms with E-state index in [9.17, 15) is 14.9 Å². The number of amides is 1. The number of benzene rings is 2. The molecule has 0 radical (unpaired) electrons. The molecule has 22 heavy (non-hydrogen) atoms. The van der Waals surface area contributed by atoms with E-state index in [1.165, 1.54) is 13.2 Å². The van der Waals surface area contributed by atoms with Gasteiger partial charge in [-0.1, -0.05) is 6.07 Å². The SMILES string of the molecule is COc1ccc(C(=O)Nc2ccc(C)c([N+](=O)[O-])c2)cc1Br. The summed E-state index contributed by atoms with van der Waals surface area (Å²) in [4.78, 5) is 22.6. The van der Waals surface area contributed by atoms with E-state index in [1.807, 2.05) is 0 Å². The van der Waals surface area contributed by atoms with E-state index in [2.05, 4.69) is 21.2 Å². The summed E-state index contributed by atoms with van der Waals surface area (Å²) in [6, 6.07) is 9.46. The van der Waals surface area contributed by atoms with Gasteiger partial charge in [-0.15, -0.1) is 0 Å². The number of aryl methyl sites for hydroxylation is 1. The van der Waals surface area contributed by atoms with Gasteiger partial charge in [0.1, 0.15) is 5.75 Å². The van der Waals surface area contributed by atoms with Crippen molar-refractivity contribution in [3.8, 4) is 5.75 Å². The average molecular weight is 365 g/mol. The third kappa shape index (κ3) is 3.43. The number of ether oxygens (including phenoxy) is 1. The van der Waals surface area contributed by atoms with Gasteiger partial charge in [0, 0.05) is 22.9 Å². The van der Waals surface area contributed by atoms with Crippen LogP contribution in [0.3, 0.4) is 0 Å². The molecule has 2 rings (SSSR count). The van der Waals surface area contributed by atoms with Crippen LogP contribution in [0.2, 0.25) is 0 Å². The molecule has 0 heterocycles. The maximum Gasteiger partial charge on any atom is 0.274 e. The Bertz CT molecular complexity index is 746. The molecule has 1 amide bonds. The van der Waals surface area contributed by atoms with Crippen LogP contribution in [0.4, 0.5) is 11.4 Å². The molecular formula is C15H13BrN2O4. The van der Waals surface area contributed by atoms with Crippen molar-refractivity contribution in [2.24, 2.45) is 0 Å².